The van der Waals surface area contributed by atoms with Crippen molar-refractivity contribution in [1.29, 1.82) is 0 Å². The third-order valence-corrected chi connectivity index (χ3v) is 7.71. The first-order valence-corrected chi connectivity index (χ1v) is 12.6. The summed E-state index contributed by atoms with van der Waals surface area (Å²) in [7, 11) is 0. The van der Waals surface area contributed by atoms with E-state index in [1.165, 1.54) is 0 Å². The minimum Gasteiger partial charge on any atom is -0.481 e. The van der Waals surface area contributed by atoms with Crippen molar-refractivity contribution >= 4 is 18.0 Å². The van der Waals surface area contributed by atoms with E-state index in [0.29, 0.717) is 25.2 Å². The number of alkyl carbamates (subject to hydrolysis) is 1. The Hall–Kier alpha value is -3.35. The summed E-state index contributed by atoms with van der Waals surface area (Å²) < 4.78 is 5.68. The molecule has 35 heavy (non-hydrogen) atoms. The Bertz CT molecular complexity index is 1080. The van der Waals surface area contributed by atoms with E-state index in [0.717, 1.165) is 35.1 Å². The van der Waals surface area contributed by atoms with Crippen LogP contribution in [0.3, 0.4) is 0 Å². The molecule has 2 aliphatic carbocycles. The predicted molar refractivity (Wildman–Crippen MR) is 131 cm³/mol. The van der Waals surface area contributed by atoms with Gasteiger partial charge in [-0.1, -0.05) is 61.4 Å². The Balaban J connectivity index is 1.26. The lowest BCUT2D eigenvalue weighted by Crippen LogP contribution is -2.55. The number of carboxylic acids is 1. The molecule has 1 heterocycles. The summed E-state index contributed by atoms with van der Waals surface area (Å²) >= 11 is 0. The van der Waals surface area contributed by atoms with E-state index < -0.39 is 24.0 Å². The Morgan fingerprint density at radius 1 is 1.00 bits per heavy atom. The third-order valence-electron chi connectivity index (χ3n) is 7.71. The maximum absolute atomic E-state index is 13.4. The van der Waals surface area contributed by atoms with Crippen LogP contribution in [0.5, 0.6) is 0 Å². The maximum Gasteiger partial charge on any atom is 0.407 e. The Labute approximate surface area is 205 Å². The molecular formula is C28H32N2O5. The van der Waals surface area contributed by atoms with Gasteiger partial charge >= 0.3 is 12.1 Å². The number of benzene rings is 2. The lowest BCUT2D eigenvalue weighted by atomic mass is 9.92. The quantitative estimate of drug-likeness (QED) is 0.617. The highest BCUT2D eigenvalue weighted by atomic mass is 16.5. The number of ether oxygens (including phenoxy) is 1. The highest BCUT2D eigenvalue weighted by Gasteiger charge is 2.38. The standard InChI is InChI=1S/C28H32N2O5/c1-17-10-13-19(27(32)33)15-30(17)26(31)25(14-18-11-12-18)29-28(34)35-16-24-22-8-4-2-6-20(22)21-7-3-5-9-23(21)24/h2-9,17-19,24-25H,10-16H2,1H3,(H,29,34)(H,32,33). The van der Waals surface area contributed by atoms with Crippen LogP contribution in [0.2, 0.25) is 0 Å². The number of likely N-dealkylation sites (tertiary alicyclic amines) is 1. The van der Waals surface area contributed by atoms with Gasteiger partial charge in [0.05, 0.1) is 5.92 Å². The highest BCUT2D eigenvalue weighted by Crippen LogP contribution is 2.44. The minimum absolute atomic E-state index is 0.0517. The summed E-state index contributed by atoms with van der Waals surface area (Å²) in [4.78, 5) is 39.5. The van der Waals surface area contributed by atoms with E-state index in [1.54, 1.807) is 4.90 Å². The van der Waals surface area contributed by atoms with Crippen LogP contribution in [0, 0.1) is 11.8 Å². The number of hydrogen-bond donors (Lipinski definition) is 2. The van der Waals surface area contributed by atoms with Gasteiger partial charge in [0.1, 0.15) is 12.6 Å². The molecule has 7 heteroatoms. The summed E-state index contributed by atoms with van der Waals surface area (Å²) in [6, 6.07) is 15.6. The van der Waals surface area contributed by atoms with Gasteiger partial charge < -0.3 is 20.1 Å². The minimum atomic E-state index is -0.877. The number of nitrogens with one attached hydrogen (secondary N) is 1. The molecule has 0 spiro atoms. The number of carbonyl (C=O) groups excluding carboxylic acids is 2. The Morgan fingerprint density at radius 2 is 1.63 bits per heavy atom. The number of rotatable bonds is 7. The molecule has 2 amide bonds. The van der Waals surface area contributed by atoms with E-state index in [1.807, 2.05) is 31.2 Å². The van der Waals surface area contributed by atoms with Crippen molar-refractivity contribution in [2.45, 2.75) is 57.0 Å². The van der Waals surface area contributed by atoms with Gasteiger partial charge in [0.15, 0.2) is 0 Å². The second-order valence-electron chi connectivity index (χ2n) is 10.2. The first kappa shape index (κ1) is 23.4. The zero-order chi connectivity index (χ0) is 24.5. The zero-order valence-electron chi connectivity index (χ0n) is 20.0. The first-order valence-electron chi connectivity index (χ1n) is 12.6. The lowest BCUT2D eigenvalue weighted by molar-refractivity contribution is -0.148. The second-order valence-corrected chi connectivity index (χ2v) is 10.2. The summed E-state index contributed by atoms with van der Waals surface area (Å²) in [5.74, 6) is -1.29. The fourth-order valence-electron chi connectivity index (χ4n) is 5.51. The van der Waals surface area contributed by atoms with Crippen LogP contribution in [0.15, 0.2) is 48.5 Å². The lowest BCUT2D eigenvalue weighted by Gasteiger charge is -2.38. The second kappa shape index (κ2) is 9.72. The fourth-order valence-corrected chi connectivity index (χ4v) is 5.51. The molecule has 2 N–H and O–H groups in total. The number of carbonyl (C=O) groups is 3. The SMILES string of the molecule is CC1CCC(C(=O)O)CN1C(=O)C(CC1CC1)NC(=O)OCC1c2ccccc2-c2ccccc21. The summed E-state index contributed by atoms with van der Waals surface area (Å²) in [6.45, 7) is 2.31. The highest BCUT2D eigenvalue weighted by molar-refractivity contribution is 5.87. The van der Waals surface area contributed by atoms with Gasteiger partial charge in [0.2, 0.25) is 5.91 Å². The monoisotopic (exact) mass is 476 g/mol. The number of fused-ring (bicyclic) bond motifs is 3. The number of piperidine rings is 1. The van der Waals surface area contributed by atoms with Crippen LogP contribution in [-0.2, 0) is 14.3 Å². The number of carboxylic acid groups (broad SMARTS) is 1. The average molecular weight is 477 g/mol. The van der Waals surface area contributed by atoms with Gasteiger partial charge in [-0.3, -0.25) is 9.59 Å². The van der Waals surface area contributed by atoms with E-state index >= 15 is 0 Å². The van der Waals surface area contributed by atoms with Crippen molar-refractivity contribution < 1.29 is 24.2 Å². The topological polar surface area (TPSA) is 95.9 Å². The molecule has 2 aromatic carbocycles. The van der Waals surface area contributed by atoms with Crippen LogP contribution in [0.25, 0.3) is 11.1 Å². The van der Waals surface area contributed by atoms with Crippen LogP contribution in [0.4, 0.5) is 4.79 Å². The number of nitrogens with zero attached hydrogens (tertiary/aromatic N) is 1. The smallest absolute Gasteiger partial charge is 0.407 e. The molecule has 0 bridgehead atoms. The molecule has 5 rings (SSSR count). The van der Waals surface area contributed by atoms with Crippen molar-refractivity contribution in [1.82, 2.24) is 10.2 Å². The molecule has 1 aliphatic heterocycles. The van der Waals surface area contributed by atoms with Gasteiger partial charge in [-0.2, -0.15) is 0 Å². The van der Waals surface area contributed by atoms with Crippen molar-refractivity contribution in [3.63, 3.8) is 0 Å². The molecule has 1 saturated heterocycles. The fraction of sp³-hybridized carbons (Fsp3) is 0.464. The molecule has 3 aliphatic rings. The molecule has 0 radical (unpaired) electrons. The molecule has 3 atom stereocenters. The normalized spacial score (nSPS) is 22.1. The molecule has 184 valence electrons. The molecule has 2 fully saturated rings. The van der Waals surface area contributed by atoms with Gasteiger partial charge in [-0.15, -0.1) is 0 Å². The van der Waals surface area contributed by atoms with Crippen molar-refractivity contribution in [2.24, 2.45) is 11.8 Å². The zero-order valence-corrected chi connectivity index (χ0v) is 20.0. The molecule has 3 unspecified atom stereocenters. The predicted octanol–water partition coefficient (Wildman–Crippen LogP) is 4.41. The molecule has 0 aromatic heterocycles. The summed E-state index contributed by atoms with van der Waals surface area (Å²) in [6.07, 6.45) is 3.25. The van der Waals surface area contributed by atoms with Gasteiger partial charge in [-0.05, 0) is 54.4 Å². The van der Waals surface area contributed by atoms with E-state index in [2.05, 4.69) is 29.6 Å². The number of hydrogen-bond acceptors (Lipinski definition) is 4. The number of amides is 2. The van der Waals surface area contributed by atoms with Crippen LogP contribution >= 0.6 is 0 Å². The van der Waals surface area contributed by atoms with Crippen LogP contribution in [0.1, 0.15) is 56.1 Å². The summed E-state index contributed by atoms with van der Waals surface area (Å²) in [5.41, 5.74) is 4.58. The van der Waals surface area contributed by atoms with Gasteiger partial charge in [-0.25, -0.2) is 4.79 Å². The average Bonchev–Trinajstić information content (AvgIpc) is 3.62. The third kappa shape index (κ3) is 4.90. The van der Waals surface area contributed by atoms with Crippen LogP contribution in [-0.4, -0.2) is 53.2 Å². The van der Waals surface area contributed by atoms with Crippen LogP contribution < -0.4 is 5.32 Å². The Kier molecular flexibility index (Phi) is 6.50. The Morgan fingerprint density at radius 3 is 2.23 bits per heavy atom. The number of aliphatic carboxylic acids is 1. The van der Waals surface area contributed by atoms with Crippen molar-refractivity contribution in [2.75, 3.05) is 13.2 Å². The largest absolute Gasteiger partial charge is 0.481 e. The molecule has 1 saturated carbocycles. The van der Waals surface area contributed by atoms with E-state index in [-0.39, 0.29) is 31.0 Å². The molecule has 7 nitrogen and oxygen atoms in total. The maximum atomic E-state index is 13.4. The van der Waals surface area contributed by atoms with E-state index in [4.69, 9.17) is 4.74 Å². The van der Waals surface area contributed by atoms with E-state index in [9.17, 15) is 19.5 Å². The van der Waals surface area contributed by atoms with Gasteiger partial charge in [0.25, 0.3) is 0 Å². The first-order chi connectivity index (χ1) is 16.9. The summed E-state index contributed by atoms with van der Waals surface area (Å²) in [5, 5.41) is 12.3. The van der Waals surface area contributed by atoms with Gasteiger partial charge in [0, 0.05) is 18.5 Å². The van der Waals surface area contributed by atoms with Crippen molar-refractivity contribution in [3.8, 4) is 11.1 Å². The molecular weight excluding hydrogens is 444 g/mol. The molecule has 2 aromatic rings. The van der Waals surface area contributed by atoms with Crippen molar-refractivity contribution in [3.05, 3.63) is 59.7 Å².